The molecule has 2 aromatic carbocycles. The van der Waals surface area contributed by atoms with Crippen molar-refractivity contribution < 1.29 is 9.59 Å². The van der Waals surface area contributed by atoms with Gasteiger partial charge in [-0.3, -0.25) is 9.59 Å². The van der Waals surface area contributed by atoms with E-state index in [0.717, 1.165) is 0 Å². The third-order valence-corrected chi connectivity index (χ3v) is 3.57. The summed E-state index contributed by atoms with van der Waals surface area (Å²) in [6, 6.07) is 11.5. The quantitative estimate of drug-likeness (QED) is 0.783. The first kappa shape index (κ1) is 16.1. The van der Waals surface area contributed by atoms with Crippen molar-refractivity contribution >= 4 is 46.4 Å². The van der Waals surface area contributed by atoms with Crippen molar-refractivity contribution in [3.8, 4) is 0 Å². The van der Waals surface area contributed by atoms with Crippen molar-refractivity contribution in [2.24, 2.45) is 5.73 Å². The third kappa shape index (κ3) is 4.13. The van der Waals surface area contributed by atoms with Gasteiger partial charge in [-0.15, -0.1) is 0 Å². The molecule has 0 aliphatic carbocycles. The van der Waals surface area contributed by atoms with Crippen LogP contribution >= 0.6 is 23.2 Å². The average Bonchev–Trinajstić information content (AvgIpc) is 2.49. The minimum absolute atomic E-state index is 0.0233. The summed E-state index contributed by atoms with van der Waals surface area (Å²) in [5.41, 5.74) is 6.62. The van der Waals surface area contributed by atoms with Gasteiger partial charge in [0.25, 0.3) is 5.91 Å². The van der Waals surface area contributed by atoms with Crippen LogP contribution in [0.5, 0.6) is 0 Å². The van der Waals surface area contributed by atoms with Crippen LogP contribution in [0.4, 0.5) is 11.4 Å². The topological polar surface area (TPSA) is 84.2 Å². The van der Waals surface area contributed by atoms with Crippen molar-refractivity contribution in [2.75, 3.05) is 17.2 Å². The van der Waals surface area contributed by atoms with Gasteiger partial charge in [0, 0.05) is 11.4 Å². The van der Waals surface area contributed by atoms with Crippen molar-refractivity contribution in [2.45, 2.75) is 0 Å². The molecule has 0 aliphatic heterocycles. The summed E-state index contributed by atoms with van der Waals surface area (Å²) in [5.74, 6) is -0.856. The van der Waals surface area contributed by atoms with Crippen LogP contribution in [0.2, 0.25) is 10.0 Å². The summed E-state index contributed by atoms with van der Waals surface area (Å²) in [5, 5.41) is 6.30. The molecule has 0 spiro atoms. The molecule has 0 aliphatic rings. The first-order valence-corrected chi connectivity index (χ1v) is 7.10. The van der Waals surface area contributed by atoms with Gasteiger partial charge in [0.15, 0.2) is 0 Å². The molecule has 0 fully saturated rings. The zero-order valence-electron chi connectivity index (χ0n) is 11.4. The van der Waals surface area contributed by atoms with Crippen LogP contribution in [0.15, 0.2) is 42.5 Å². The average molecular weight is 338 g/mol. The molecule has 2 amide bonds. The molecule has 0 saturated heterocycles. The number of para-hydroxylation sites is 1. The van der Waals surface area contributed by atoms with E-state index in [4.69, 9.17) is 28.9 Å². The number of nitrogens with one attached hydrogen (secondary N) is 2. The Hall–Kier alpha value is -2.24. The Morgan fingerprint density at radius 3 is 2.45 bits per heavy atom. The molecule has 5 nitrogen and oxygen atoms in total. The summed E-state index contributed by atoms with van der Waals surface area (Å²) in [6.45, 7) is -0.0233. The summed E-state index contributed by atoms with van der Waals surface area (Å²) in [6.07, 6.45) is 0. The number of carbonyl (C=O) groups is 2. The molecule has 0 heterocycles. The highest BCUT2D eigenvalue weighted by Crippen LogP contribution is 2.25. The monoisotopic (exact) mass is 337 g/mol. The van der Waals surface area contributed by atoms with Gasteiger partial charge in [0.2, 0.25) is 5.91 Å². The molecule has 7 heteroatoms. The Balaban J connectivity index is 1.98. The van der Waals surface area contributed by atoms with Crippen LogP contribution in [0.25, 0.3) is 0 Å². The zero-order valence-corrected chi connectivity index (χ0v) is 12.9. The molecule has 0 atom stereocenters. The SMILES string of the molecule is NC(=O)c1ccccc1NCC(=O)Nc1ccc(Cl)c(Cl)c1. The summed E-state index contributed by atoms with van der Waals surface area (Å²) >= 11 is 11.7. The van der Waals surface area contributed by atoms with Crippen LogP contribution in [0, 0.1) is 0 Å². The number of halogens is 2. The van der Waals surface area contributed by atoms with E-state index < -0.39 is 5.91 Å². The van der Waals surface area contributed by atoms with E-state index in [0.29, 0.717) is 27.0 Å². The first-order chi connectivity index (χ1) is 10.5. The minimum atomic E-state index is -0.562. The zero-order chi connectivity index (χ0) is 16.1. The van der Waals surface area contributed by atoms with E-state index in [9.17, 15) is 9.59 Å². The number of nitrogens with two attached hydrogens (primary N) is 1. The van der Waals surface area contributed by atoms with Crippen molar-refractivity contribution in [1.29, 1.82) is 0 Å². The Kier molecular flexibility index (Phi) is 5.25. The third-order valence-electron chi connectivity index (χ3n) is 2.84. The lowest BCUT2D eigenvalue weighted by Crippen LogP contribution is -2.23. The Morgan fingerprint density at radius 1 is 1.05 bits per heavy atom. The van der Waals surface area contributed by atoms with E-state index in [1.807, 2.05) is 0 Å². The number of carbonyl (C=O) groups excluding carboxylic acids is 2. The summed E-state index contributed by atoms with van der Waals surface area (Å²) in [7, 11) is 0. The number of benzene rings is 2. The van der Waals surface area contributed by atoms with Crippen molar-refractivity contribution in [1.82, 2.24) is 0 Å². The standard InChI is InChI=1S/C15H13Cl2N3O2/c16-11-6-5-9(7-12(11)17)20-14(21)8-19-13-4-2-1-3-10(13)15(18)22/h1-7,19H,8H2,(H2,18,22)(H,20,21). The molecule has 22 heavy (non-hydrogen) atoms. The van der Waals surface area contributed by atoms with Gasteiger partial charge in [-0.05, 0) is 30.3 Å². The number of anilines is 2. The molecule has 2 rings (SSSR count). The van der Waals surface area contributed by atoms with Gasteiger partial charge >= 0.3 is 0 Å². The molecular formula is C15H13Cl2N3O2. The molecule has 0 radical (unpaired) electrons. The molecule has 114 valence electrons. The van der Waals surface area contributed by atoms with Crippen molar-refractivity contribution in [3.05, 3.63) is 58.1 Å². The molecule has 0 unspecified atom stereocenters. The smallest absolute Gasteiger partial charge is 0.250 e. The van der Waals surface area contributed by atoms with E-state index >= 15 is 0 Å². The molecule has 2 aromatic rings. The predicted octanol–water partition coefficient (Wildman–Crippen LogP) is 3.14. The van der Waals surface area contributed by atoms with E-state index in [2.05, 4.69) is 10.6 Å². The van der Waals surface area contributed by atoms with Crippen LogP contribution < -0.4 is 16.4 Å². The maximum absolute atomic E-state index is 11.9. The van der Waals surface area contributed by atoms with Crippen LogP contribution in [-0.2, 0) is 4.79 Å². The second-order valence-corrected chi connectivity index (χ2v) is 5.25. The Morgan fingerprint density at radius 2 is 1.77 bits per heavy atom. The number of hydrogen-bond donors (Lipinski definition) is 3. The molecule has 0 aromatic heterocycles. The fourth-order valence-corrected chi connectivity index (χ4v) is 2.10. The molecule has 4 N–H and O–H groups in total. The lowest BCUT2D eigenvalue weighted by atomic mass is 10.1. The summed E-state index contributed by atoms with van der Waals surface area (Å²) in [4.78, 5) is 23.2. The second-order valence-electron chi connectivity index (χ2n) is 4.44. The molecule has 0 bridgehead atoms. The van der Waals surface area contributed by atoms with Gasteiger partial charge in [-0.2, -0.15) is 0 Å². The van der Waals surface area contributed by atoms with Crippen molar-refractivity contribution in [3.63, 3.8) is 0 Å². The number of rotatable bonds is 5. The fraction of sp³-hybridized carbons (Fsp3) is 0.0667. The molecular weight excluding hydrogens is 325 g/mol. The Labute approximate surface area is 137 Å². The highest BCUT2D eigenvalue weighted by atomic mass is 35.5. The summed E-state index contributed by atoms with van der Waals surface area (Å²) < 4.78 is 0. The highest BCUT2D eigenvalue weighted by molar-refractivity contribution is 6.42. The predicted molar refractivity (Wildman–Crippen MR) is 88.5 cm³/mol. The van der Waals surface area contributed by atoms with Crippen LogP contribution in [0.3, 0.4) is 0 Å². The number of amides is 2. The second kappa shape index (κ2) is 7.15. The number of primary amides is 1. The maximum atomic E-state index is 11.9. The van der Waals surface area contributed by atoms with E-state index in [1.165, 1.54) is 0 Å². The van der Waals surface area contributed by atoms with Gasteiger partial charge in [0.05, 0.1) is 22.2 Å². The fourth-order valence-electron chi connectivity index (χ4n) is 1.81. The maximum Gasteiger partial charge on any atom is 0.250 e. The van der Waals surface area contributed by atoms with E-state index in [-0.39, 0.29) is 12.5 Å². The van der Waals surface area contributed by atoms with Crippen LogP contribution in [-0.4, -0.2) is 18.4 Å². The van der Waals surface area contributed by atoms with Crippen LogP contribution in [0.1, 0.15) is 10.4 Å². The highest BCUT2D eigenvalue weighted by Gasteiger charge is 2.09. The molecule has 0 saturated carbocycles. The van der Waals surface area contributed by atoms with E-state index in [1.54, 1.807) is 42.5 Å². The minimum Gasteiger partial charge on any atom is -0.376 e. The first-order valence-electron chi connectivity index (χ1n) is 6.35. The normalized spacial score (nSPS) is 10.1. The number of hydrogen-bond acceptors (Lipinski definition) is 3. The van der Waals surface area contributed by atoms with Gasteiger partial charge in [-0.25, -0.2) is 0 Å². The van der Waals surface area contributed by atoms with Gasteiger partial charge in [-0.1, -0.05) is 35.3 Å². The largest absolute Gasteiger partial charge is 0.376 e. The van der Waals surface area contributed by atoms with Gasteiger partial charge in [0.1, 0.15) is 0 Å². The lowest BCUT2D eigenvalue weighted by molar-refractivity contribution is -0.114. The van der Waals surface area contributed by atoms with Gasteiger partial charge < -0.3 is 16.4 Å². The lowest BCUT2D eigenvalue weighted by Gasteiger charge is -2.10. The Bertz CT molecular complexity index is 720.